The average molecular weight is 303 g/mol. The quantitative estimate of drug-likeness (QED) is 0.569. The largest absolute Gasteiger partial charge is 0.374 e. The molecule has 0 fully saturated rings. The van der Waals surface area contributed by atoms with Crippen molar-refractivity contribution in [2.45, 2.75) is 6.54 Å². The molecule has 2 N–H and O–H groups in total. The predicted octanol–water partition coefficient (Wildman–Crippen LogP) is 1.34. The lowest BCUT2D eigenvalue weighted by Crippen LogP contribution is -2.00. The Labute approximate surface area is 122 Å². The third-order valence-electron chi connectivity index (χ3n) is 2.63. The molecule has 0 unspecified atom stereocenters. The summed E-state index contributed by atoms with van der Waals surface area (Å²) in [6.45, 7) is 0.400. The Morgan fingerprint density at radius 1 is 1.38 bits per heavy atom. The van der Waals surface area contributed by atoms with Gasteiger partial charge in [0.2, 0.25) is 5.13 Å². The molecular formula is C11H9N7O2S. The summed E-state index contributed by atoms with van der Waals surface area (Å²) in [5, 5.41) is 23.8. The highest BCUT2D eigenvalue weighted by molar-refractivity contribution is 7.15. The van der Waals surface area contributed by atoms with E-state index in [-0.39, 0.29) is 5.69 Å². The Bertz CT molecular complexity index is 797. The fourth-order valence-corrected chi connectivity index (χ4v) is 2.33. The van der Waals surface area contributed by atoms with Gasteiger partial charge in [0.05, 0.1) is 11.5 Å². The van der Waals surface area contributed by atoms with Crippen LogP contribution in [0.15, 0.2) is 30.6 Å². The Kier molecular flexibility index (Phi) is 3.28. The average Bonchev–Trinajstić information content (AvgIpc) is 3.09. The molecular weight excluding hydrogens is 294 g/mol. The summed E-state index contributed by atoms with van der Waals surface area (Å²) in [5.74, 6) is 0.413. The van der Waals surface area contributed by atoms with Crippen molar-refractivity contribution in [1.29, 1.82) is 0 Å². The van der Waals surface area contributed by atoms with Crippen LogP contribution < -0.4 is 5.73 Å². The van der Waals surface area contributed by atoms with Crippen molar-refractivity contribution >= 4 is 22.2 Å². The number of nitro benzene ring substituents is 1. The topological polar surface area (TPSA) is 126 Å². The highest BCUT2D eigenvalue weighted by Gasteiger charge is 2.11. The number of hydrogen-bond donors (Lipinski definition) is 1. The van der Waals surface area contributed by atoms with Crippen LogP contribution in [0.3, 0.4) is 0 Å². The van der Waals surface area contributed by atoms with E-state index in [1.54, 1.807) is 16.8 Å². The first-order chi connectivity index (χ1) is 10.1. The molecule has 21 heavy (non-hydrogen) atoms. The van der Waals surface area contributed by atoms with Gasteiger partial charge >= 0.3 is 0 Å². The third kappa shape index (κ3) is 2.84. The summed E-state index contributed by atoms with van der Waals surface area (Å²) in [6, 6.07) is 6.17. The third-order valence-corrected chi connectivity index (χ3v) is 3.37. The van der Waals surface area contributed by atoms with Crippen LogP contribution >= 0.6 is 11.3 Å². The van der Waals surface area contributed by atoms with Crippen LogP contribution in [0.25, 0.3) is 11.4 Å². The monoisotopic (exact) mass is 303 g/mol. The second kappa shape index (κ2) is 5.25. The highest BCUT2D eigenvalue weighted by atomic mass is 32.1. The molecule has 0 saturated heterocycles. The number of aromatic nitrogens is 5. The van der Waals surface area contributed by atoms with Crippen LogP contribution in [0.1, 0.15) is 5.01 Å². The van der Waals surface area contributed by atoms with Gasteiger partial charge in [-0.05, 0) is 0 Å². The SMILES string of the molecule is Nc1nnc(Cn2cnc(-c3cccc([N+](=O)[O-])c3)n2)s1. The Hall–Kier alpha value is -2.88. The maximum Gasteiger partial charge on any atom is 0.270 e. The molecule has 0 atom stereocenters. The van der Waals surface area contributed by atoms with E-state index in [9.17, 15) is 10.1 Å². The molecule has 0 saturated carbocycles. The Morgan fingerprint density at radius 3 is 2.95 bits per heavy atom. The lowest BCUT2D eigenvalue weighted by atomic mass is 10.2. The first-order valence-corrected chi connectivity index (χ1v) is 6.65. The van der Waals surface area contributed by atoms with Crippen LogP contribution in [-0.2, 0) is 6.54 Å². The van der Waals surface area contributed by atoms with E-state index < -0.39 is 4.92 Å². The maximum atomic E-state index is 10.8. The van der Waals surface area contributed by atoms with Gasteiger partial charge < -0.3 is 5.73 Å². The molecule has 10 heteroatoms. The van der Waals surface area contributed by atoms with Crippen LogP contribution in [-0.4, -0.2) is 29.9 Å². The first kappa shape index (κ1) is 13.1. The summed E-state index contributed by atoms with van der Waals surface area (Å²) in [7, 11) is 0. The molecule has 0 aliphatic heterocycles. The zero-order chi connectivity index (χ0) is 14.8. The van der Waals surface area contributed by atoms with Crippen molar-refractivity contribution in [3.63, 3.8) is 0 Å². The van der Waals surface area contributed by atoms with Gasteiger partial charge in [0.25, 0.3) is 5.69 Å². The molecule has 0 aliphatic carbocycles. The number of nitrogens with zero attached hydrogens (tertiary/aromatic N) is 6. The number of anilines is 1. The molecule has 9 nitrogen and oxygen atoms in total. The standard InChI is InChI=1S/C11H9N7O2S/c12-11-15-14-9(21-11)5-17-6-13-10(16-17)7-2-1-3-8(4-7)18(19)20/h1-4,6H,5H2,(H2,12,15). The maximum absolute atomic E-state index is 10.8. The van der Waals surface area contributed by atoms with E-state index in [1.807, 2.05) is 0 Å². The van der Waals surface area contributed by atoms with Crippen molar-refractivity contribution in [2.75, 3.05) is 5.73 Å². The molecule has 3 aromatic rings. The van der Waals surface area contributed by atoms with E-state index >= 15 is 0 Å². The lowest BCUT2D eigenvalue weighted by molar-refractivity contribution is -0.384. The summed E-state index contributed by atoms with van der Waals surface area (Å²) in [4.78, 5) is 14.5. The molecule has 0 aliphatic rings. The van der Waals surface area contributed by atoms with Crippen LogP contribution in [0.2, 0.25) is 0 Å². The summed E-state index contributed by atoms with van der Waals surface area (Å²) in [5.41, 5.74) is 6.09. The van der Waals surface area contributed by atoms with Gasteiger partial charge in [-0.2, -0.15) is 5.10 Å². The highest BCUT2D eigenvalue weighted by Crippen LogP contribution is 2.21. The Balaban J connectivity index is 1.84. The molecule has 0 spiro atoms. The van der Waals surface area contributed by atoms with Gasteiger partial charge in [-0.1, -0.05) is 23.5 Å². The minimum absolute atomic E-state index is 0.000692. The zero-order valence-corrected chi connectivity index (χ0v) is 11.4. The number of nitrogen functional groups attached to an aromatic ring is 1. The van der Waals surface area contributed by atoms with Crippen molar-refractivity contribution in [3.8, 4) is 11.4 Å². The fourth-order valence-electron chi connectivity index (χ4n) is 1.73. The van der Waals surface area contributed by atoms with Gasteiger partial charge in [0.1, 0.15) is 11.3 Å². The number of non-ortho nitro benzene ring substituents is 1. The van der Waals surface area contributed by atoms with Gasteiger partial charge in [-0.25, -0.2) is 9.67 Å². The first-order valence-electron chi connectivity index (χ1n) is 5.84. The van der Waals surface area contributed by atoms with Crippen molar-refractivity contribution < 1.29 is 4.92 Å². The minimum atomic E-state index is -0.454. The number of nitro groups is 1. The number of nitrogens with two attached hydrogens (primary N) is 1. The van der Waals surface area contributed by atoms with Crippen molar-refractivity contribution in [1.82, 2.24) is 25.0 Å². The molecule has 0 amide bonds. The summed E-state index contributed by atoms with van der Waals surface area (Å²) >= 11 is 1.27. The molecule has 0 radical (unpaired) electrons. The van der Waals surface area contributed by atoms with E-state index in [1.165, 1.54) is 29.8 Å². The van der Waals surface area contributed by atoms with E-state index in [4.69, 9.17) is 5.73 Å². The smallest absolute Gasteiger partial charge is 0.270 e. The number of hydrogen-bond acceptors (Lipinski definition) is 8. The number of rotatable bonds is 4. The van der Waals surface area contributed by atoms with Crippen LogP contribution in [0.4, 0.5) is 10.8 Å². The van der Waals surface area contributed by atoms with Crippen LogP contribution in [0.5, 0.6) is 0 Å². The minimum Gasteiger partial charge on any atom is -0.374 e. The molecule has 0 bridgehead atoms. The predicted molar refractivity (Wildman–Crippen MR) is 75.5 cm³/mol. The molecule has 2 heterocycles. The van der Waals surface area contributed by atoms with E-state index in [2.05, 4.69) is 20.3 Å². The normalized spacial score (nSPS) is 10.7. The zero-order valence-electron chi connectivity index (χ0n) is 10.6. The summed E-state index contributed by atoms with van der Waals surface area (Å²) in [6.07, 6.45) is 1.53. The van der Waals surface area contributed by atoms with E-state index in [0.29, 0.717) is 28.1 Å². The van der Waals surface area contributed by atoms with Crippen LogP contribution in [0, 0.1) is 10.1 Å². The lowest BCUT2D eigenvalue weighted by Gasteiger charge is -1.96. The van der Waals surface area contributed by atoms with Gasteiger partial charge in [0.15, 0.2) is 5.82 Å². The van der Waals surface area contributed by atoms with Crippen molar-refractivity contribution in [3.05, 3.63) is 45.7 Å². The summed E-state index contributed by atoms with van der Waals surface area (Å²) < 4.78 is 1.58. The second-order valence-corrected chi connectivity index (χ2v) is 5.20. The molecule has 106 valence electrons. The van der Waals surface area contributed by atoms with Crippen molar-refractivity contribution in [2.24, 2.45) is 0 Å². The van der Waals surface area contributed by atoms with Gasteiger partial charge in [-0.15, -0.1) is 10.2 Å². The molecule has 1 aromatic carbocycles. The second-order valence-electron chi connectivity index (χ2n) is 4.11. The Morgan fingerprint density at radius 2 is 2.24 bits per heavy atom. The number of benzene rings is 1. The van der Waals surface area contributed by atoms with E-state index in [0.717, 1.165) is 0 Å². The van der Waals surface area contributed by atoms with Gasteiger partial charge in [-0.3, -0.25) is 10.1 Å². The fraction of sp³-hybridized carbons (Fsp3) is 0.0909. The molecule has 3 rings (SSSR count). The van der Waals surface area contributed by atoms with Gasteiger partial charge in [0, 0.05) is 17.7 Å². The molecule has 2 aromatic heterocycles.